The lowest BCUT2D eigenvalue weighted by molar-refractivity contribution is -0.141. The number of alkyl halides is 1. The van der Waals surface area contributed by atoms with Crippen LogP contribution in [0.4, 0.5) is 9.18 Å². The Labute approximate surface area is 99.3 Å². The molecule has 0 saturated carbocycles. The lowest BCUT2D eigenvalue weighted by Gasteiger charge is -2.23. The molecule has 0 aliphatic heterocycles. The van der Waals surface area contributed by atoms with E-state index in [1.807, 2.05) is 5.32 Å². The summed E-state index contributed by atoms with van der Waals surface area (Å²) in [5.41, 5.74) is 4.35. The van der Waals surface area contributed by atoms with Crippen LogP contribution in [0.2, 0.25) is 0 Å². The van der Waals surface area contributed by atoms with Crippen molar-refractivity contribution in [2.24, 2.45) is 5.73 Å². The molecule has 7 heteroatoms. The SMILES string of the molecule is CC(C)(C)OC(=O)N[C@@H](C(=O)O)C(F)CCN. The quantitative estimate of drug-likeness (QED) is 0.665. The van der Waals surface area contributed by atoms with Crippen molar-refractivity contribution in [2.75, 3.05) is 6.54 Å². The monoisotopic (exact) mass is 250 g/mol. The standard InChI is InChI=1S/C10H19FN2O4/c1-10(2,3)17-9(16)13-7(8(14)15)6(11)4-5-12/h6-7H,4-5,12H2,1-3H3,(H,13,16)(H,14,15)/t6?,7-/m1/s1. The highest BCUT2D eigenvalue weighted by molar-refractivity contribution is 5.80. The molecule has 4 N–H and O–H groups in total. The van der Waals surface area contributed by atoms with Gasteiger partial charge in [-0.2, -0.15) is 0 Å². The lowest BCUT2D eigenvalue weighted by atomic mass is 10.1. The number of hydrogen-bond donors (Lipinski definition) is 3. The third kappa shape index (κ3) is 6.72. The van der Waals surface area contributed by atoms with Gasteiger partial charge in [0.25, 0.3) is 0 Å². The molecule has 17 heavy (non-hydrogen) atoms. The number of alkyl carbamates (subject to hydrolysis) is 1. The van der Waals surface area contributed by atoms with Gasteiger partial charge in [-0.15, -0.1) is 0 Å². The van der Waals surface area contributed by atoms with Crippen molar-refractivity contribution in [1.29, 1.82) is 0 Å². The number of ether oxygens (including phenoxy) is 1. The van der Waals surface area contributed by atoms with Gasteiger partial charge in [0.05, 0.1) is 0 Å². The minimum atomic E-state index is -1.75. The minimum Gasteiger partial charge on any atom is -0.480 e. The Morgan fingerprint density at radius 3 is 2.35 bits per heavy atom. The van der Waals surface area contributed by atoms with E-state index in [0.717, 1.165) is 0 Å². The fourth-order valence-electron chi connectivity index (χ4n) is 1.07. The van der Waals surface area contributed by atoms with Gasteiger partial charge in [0.2, 0.25) is 0 Å². The first-order valence-electron chi connectivity index (χ1n) is 5.24. The molecular formula is C10H19FN2O4. The lowest BCUT2D eigenvalue weighted by Crippen LogP contribution is -2.49. The van der Waals surface area contributed by atoms with Crippen LogP contribution in [-0.4, -0.2) is 41.5 Å². The molecule has 0 radical (unpaired) electrons. The molecule has 1 amide bonds. The van der Waals surface area contributed by atoms with E-state index in [9.17, 15) is 14.0 Å². The van der Waals surface area contributed by atoms with Crippen LogP contribution in [0.15, 0.2) is 0 Å². The van der Waals surface area contributed by atoms with E-state index in [-0.39, 0.29) is 13.0 Å². The molecule has 0 saturated heterocycles. The number of carbonyl (C=O) groups excluding carboxylic acids is 1. The summed E-state index contributed by atoms with van der Waals surface area (Å²) in [6, 6.07) is -1.65. The van der Waals surface area contributed by atoms with Gasteiger partial charge in [0, 0.05) is 0 Å². The zero-order chi connectivity index (χ0) is 13.6. The van der Waals surface area contributed by atoms with Gasteiger partial charge in [-0.1, -0.05) is 0 Å². The number of hydrogen-bond acceptors (Lipinski definition) is 4. The van der Waals surface area contributed by atoms with Crippen molar-refractivity contribution >= 4 is 12.1 Å². The Morgan fingerprint density at radius 2 is 2.00 bits per heavy atom. The highest BCUT2D eigenvalue weighted by atomic mass is 19.1. The summed E-state index contributed by atoms with van der Waals surface area (Å²) >= 11 is 0. The predicted octanol–water partition coefficient (Wildman–Crippen LogP) is 0.651. The van der Waals surface area contributed by atoms with Crippen molar-refractivity contribution in [2.45, 2.75) is 45.0 Å². The van der Waals surface area contributed by atoms with Gasteiger partial charge >= 0.3 is 12.1 Å². The van der Waals surface area contributed by atoms with E-state index in [0.29, 0.717) is 0 Å². The number of rotatable bonds is 5. The fourth-order valence-corrected chi connectivity index (χ4v) is 1.07. The third-order valence-electron chi connectivity index (χ3n) is 1.74. The Kier molecular flexibility index (Phi) is 5.87. The molecule has 0 aromatic rings. The van der Waals surface area contributed by atoms with Crippen LogP contribution >= 0.6 is 0 Å². The Hall–Kier alpha value is -1.37. The maximum absolute atomic E-state index is 13.4. The van der Waals surface area contributed by atoms with Crippen LogP contribution in [0, 0.1) is 0 Å². The smallest absolute Gasteiger partial charge is 0.408 e. The highest BCUT2D eigenvalue weighted by Crippen LogP contribution is 2.09. The Morgan fingerprint density at radius 1 is 1.47 bits per heavy atom. The first-order chi connectivity index (χ1) is 7.67. The number of carboxylic acid groups (broad SMARTS) is 1. The van der Waals surface area contributed by atoms with Gasteiger partial charge in [0.15, 0.2) is 6.04 Å². The number of nitrogens with two attached hydrogens (primary N) is 1. The van der Waals surface area contributed by atoms with E-state index in [1.54, 1.807) is 20.8 Å². The molecule has 0 bridgehead atoms. The summed E-state index contributed by atoms with van der Waals surface area (Å²) in [5, 5.41) is 10.7. The molecule has 2 atom stereocenters. The number of amides is 1. The van der Waals surface area contributed by atoms with Crippen LogP contribution in [0.25, 0.3) is 0 Å². The molecule has 6 nitrogen and oxygen atoms in total. The van der Waals surface area contributed by atoms with Gasteiger partial charge in [-0.25, -0.2) is 14.0 Å². The average molecular weight is 250 g/mol. The average Bonchev–Trinajstić information content (AvgIpc) is 2.11. The van der Waals surface area contributed by atoms with Crippen molar-refractivity contribution in [3.8, 4) is 0 Å². The Balaban J connectivity index is 4.45. The number of aliphatic carboxylic acids is 1. The topological polar surface area (TPSA) is 102 Å². The summed E-state index contributed by atoms with van der Waals surface area (Å²) in [7, 11) is 0. The van der Waals surface area contributed by atoms with E-state index >= 15 is 0 Å². The van der Waals surface area contributed by atoms with Crippen LogP contribution in [-0.2, 0) is 9.53 Å². The van der Waals surface area contributed by atoms with Crippen molar-refractivity contribution in [1.82, 2.24) is 5.32 Å². The van der Waals surface area contributed by atoms with Gasteiger partial charge in [-0.3, -0.25) is 0 Å². The molecule has 0 aliphatic rings. The highest BCUT2D eigenvalue weighted by Gasteiger charge is 2.30. The molecule has 0 aliphatic carbocycles. The fraction of sp³-hybridized carbons (Fsp3) is 0.800. The van der Waals surface area contributed by atoms with Crippen molar-refractivity contribution in [3.05, 3.63) is 0 Å². The molecule has 0 aromatic carbocycles. The molecule has 100 valence electrons. The maximum atomic E-state index is 13.4. The third-order valence-corrected chi connectivity index (χ3v) is 1.74. The van der Waals surface area contributed by atoms with Gasteiger partial charge in [-0.05, 0) is 33.7 Å². The summed E-state index contributed by atoms with van der Waals surface area (Å²) in [6.07, 6.45) is -2.86. The normalized spacial score (nSPS) is 14.9. The van der Waals surface area contributed by atoms with E-state index in [4.69, 9.17) is 15.6 Å². The van der Waals surface area contributed by atoms with Crippen LogP contribution in [0.3, 0.4) is 0 Å². The summed E-state index contributed by atoms with van der Waals surface area (Å²) < 4.78 is 18.2. The van der Waals surface area contributed by atoms with Crippen molar-refractivity contribution < 1.29 is 23.8 Å². The largest absolute Gasteiger partial charge is 0.480 e. The first-order valence-corrected chi connectivity index (χ1v) is 5.24. The van der Waals surface area contributed by atoms with Gasteiger partial charge in [0.1, 0.15) is 11.8 Å². The van der Waals surface area contributed by atoms with E-state index in [2.05, 4.69) is 0 Å². The summed E-state index contributed by atoms with van der Waals surface area (Å²) in [5.74, 6) is -1.46. The Bertz CT molecular complexity index is 278. The zero-order valence-electron chi connectivity index (χ0n) is 10.2. The number of carboxylic acids is 1. The number of carbonyl (C=O) groups is 2. The summed E-state index contributed by atoms with van der Waals surface area (Å²) in [6.45, 7) is 4.86. The molecule has 0 fully saturated rings. The van der Waals surface area contributed by atoms with E-state index in [1.165, 1.54) is 0 Å². The molecule has 0 rings (SSSR count). The maximum Gasteiger partial charge on any atom is 0.408 e. The molecule has 1 unspecified atom stereocenters. The zero-order valence-corrected chi connectivity index (χ0v) is 10.2. The first kappa shape index (κ1) is 15.6. The number of nitrogens with one attached hydrogen (secondary N) is 1. The van der Waals surface area contributed by atoms with Crippen LogP contribution < -0.4 is 11.1 Å². The predicted molar refractivity (Wildman–Crippen MR) is 59.4 cm³/mol. The molecule has 0 heterocycles. The van der Waals surface area contributed by atoms with Crippen LogP contribution in [0.5, 0.6) is 0 Å². The molecule has 0 aromatic heterocycles. The van der Waals surface area contributed by atoms with E-state index < -0.39 is 29.9 Å². The van der Waals surface area contributed by atoms with Gasteiger partial charge < -0.3 is 20.9 Å². The second-order valence-corrected chi connectivity index (χ2v) is 4.56. The molecular weight excluding hydrogens is 231 g/mol. The minimum absolute atomic E-state index is 0.000938. The molecule has 0 spiro atoms. The van der Waals surface area contributed by atoms with Crippen LogP contribution in [0.1, 0.15) is 27.2 Å². The second kappa shape index (κ2) is 6.39. The number of halogens is 1. The van der Waals surface area contributed by atoms with Crippen molar-refractivity contribution in [3.63, 3.8) is 0 Å². The summed E-state index contributed by atoms with van der Waals surface area (Å²) in [4.78, 5) is 22.1. The second-order valence-electron chi connectivity index (χ2n) is 4.56.